The van der Waals surface area contributed by atoms with Crippen molar-refractivity contribution in [2.24, 2.45) is 5.73 Å². The van der Waals surface area contributed by atoms with Crippen LogP contribution in [-0.2, 0) is 6.54 Å². The highest BCUT2D eigenvalue weighted by molar-refractivity contribution is 9.10. The van der Waals surface area contributed by atoms with E-state index in [0.717, 1.165) is 16.7 Å². The lowest BCUT2D eigenvalue weighted by Crippen LogP contribution is -1.94. The predicted octanol–water partition coefficient (Wildman–Crippen LogP) is 3.31. The van der Waals surface area contributed by atoms with Gasteiger partial charge in [0.25, 0.3) is 5.89 Å². The van der Waals surface area contributed by atoms with Gasteiger partial charge < -0.3 is 14.6 Å². The zero-order valence-corrected chi connectivity index (χ0v) is 10.4. The minimum Gasteiger partial charge on any atom is -0.444 e. The Kier molecular flexibility index (Phi) is 2.49. The lowest BCUT2D eigenvalue weighted by Gasteiger charge is -1.92. The van der Waals surface area contributed by atoms with E-state index in [-0.39, 0.29) is 0 Å². The number of nitrogens with zero attached hydrogens (tertiary/aromatic N) is 1. The lowest BCUT2D eigenvalue weighted by molar-refractivity contribution is 0.518. The van der Waals surface area contributed by atoms with Crippen LogP contribution in [-0.4, -0.2) is 4.98 Å². The first-order chi connectivity index (χ1) is 8.26. The van der Waals surface area contributed by atoms with Crippen LogP contribution >= 0.6 is 15.9 Å². The molecule has 0 atom stereocenters. The topological polar surface area (TPSA) is 65.2 Å². The summed E-state index contributed by atoms with van der Waals surface area (Å²) in [5.41, 5.74) is 8.10. The van der Waals surface area contributed by atoms with Gasteiger partial charge in [-0.1, -0.05) is 6.07 Å². The minimum absolute atomic E-state index is 0.472. The van der Waals surface area contributed by atoms with Crippen molar-refractivity contribution in [1.29, 1.82) is 0 Å². The SMILES string of the molecule is NCc1ccc2nc(-c3ccc(Br)o3)oc2c1. The van der Waals surface area contributed by atoms with E-state index in [1.54, 1.807) is 12.1 Å². The number of hydrogen-bond acceptors (Lipinski definition) is 4. The molecule has 17 heavy (non-hydrogen) atoms. The Bertz CT molecular complexity index is 672. The van der Waals surface area contributed by atoms with E-state index in [1.807, 2.05) is 18.2 Å². The van der Waals surface area contributed by atoms with Crippen LogP contribution in [0.5, 0.6) is 0 Å². The molecular formula is C12H9BrN2O2. The van der Waals surface area contributed by atoms with Crippen LogP contribution in [0.15, 0.2) is 43.8 Å². The van der Waals surface area contributed by atoms with Crippen molar-refractivity contribution >= 4 is 27.0 Å². The molecule has 5 heteroatoms. The fourth-order valence-corrected chi connectivity index (χ4v) is 1.94. The number of oxazole rings is 1. The van der Waals surface area contributed by atoms with Crippen molar-refractivity contribution in [2.75, 3.05) is 0 Å². The van der Waals surface area contributed by atoms with Gasteiger partial charge in [-0.3, -0.25) is 0 Å². The molecule has 1 aromatic carbocycles. The van der Waals surface area contributed by atoms with Crippen molar-refractivity contribution in [3.8, 4) is 11.7 Å². The fourth-order valence-electron chi connectivity index (χ4n) is 1.63. The maximum Gasteiger partial charge on any atom is 0.263 e. The van der Waals surface area contributed by atoms with Crippen LogP contribution < -0.4 is 5.73 Å². The van der Waals surface area contributed by atoms with Crippen LogP contribution in [0.3, 0.4) is 0 Å². The van der Waals surface area contributed by atoms with Gasteiger partial charge >= 0.3 is 0 Å². The molecule has 86 valence electrons. The Morgan fingerprint density at radius 1 is 1.18 bits per heavy atom. The molecule has 0 unspecified atom stereocenters. The van der Waals surface area contributed by atoms with Gasteiger partial charge in [0.1, 0.15) is 5.52 Å². The van der Waals surface area contributed by atoms with Gasteiger partial charge in [0.05, 0.1) is 0 Å². The molecule has 0 bridgehead atoms. The average molecular weight is 293 g/mol. The molecule has 0 amide bonds. The lowest BCUT2D eigenvalue weighted by atomic mass is 10.2. The third-order valence-corrected chi connectivity index (χ3v) is 2.90. The number of rotatable bonds is 2. The van der Waals surface area contributed by atoms with Gasteiger partial charge in [-0.25, -0.2) is 4.98 Å². The molecule has 0 radical (unpaired) electrons. The number of hydrogen-bond donors (Lipinski definition) is 1. The number of benzene rings is 1. The van der Waals surface area contributed by atoms with Crippen LogP contribution in [0.4, 0.5) is 0 Å². The average Bonchev–Trinajstić information content (AvgIpc) is 2.93. The summed E-state index contributed by atoms with van der Waals surface area (Å²) in [6.07, 6.45) is 0. The second-order valence-electron chi connectivity index (χ2n) is 3.63. The van der Waals surface area contributed by atoms with Gasteiger partial charge in [0, 0.05) is 6.54 Å². The Hall–Kier alpha value is -1.59. The second-order valence-corrected chi connectivity index (χ2v) is 4.41. The molecule has 0 aliphatic carbocycles. The van der Waals surface area contributed by atoms with Crippen molar-refractivity contribution < 1.29 is 8.83 Å². The highest BCUT2D eigenvalue weighted by atomic mass is 79.9. The summed E-state index contributed by atoms with van der Waals surface area (Å²) in [5, 5.41) is 0. The van der Waals surface area contributed by atoms with E-state index in [4.69, 9.17) is 14.6 Å². The summed E-state index contributed by atoms with van der Waals surface area (Å²) < 4.78 is 11.7. The first-order valence-corrected chi connectivity index (χ1v) is 5.91. The molecule has 2 heterocycles. The molecular weight excluding hydrogens is 284 g/mol. The number of halogens is 1. The number of nitrogens with two attached hydrogens (primary N) is 1. The Morgan fingerprint density at radius 2 is 2.06 bits per heavy atom. The smallest absolute Gasteiger partial charge is 0.263 e. The summed E-state index contributed by atoms with van der Waals surface area (Å²) in [7, 11) is 0. The summed E-state index contributed by atoms with van der Waals surface area (Å²) in [6.45, 7) is 0.484. The molecule has 2 aromatic heterocycles. The molecule has 0 fully saturated rings. The van der Waals surface area contributed by atoms with E-state index >= 15 is 0 Å². The maximum absolute atomic E-state index is 5.63. The van der Waals surface area contributed by atoms with Gasteiger partial charge in [-0.15, -0.1) is 0 Å². The van der Waals surface area contributed by atoms with Crippen LogP contribution in [0.2, 0.25) is 0 Å². The second kappa shape index (κ2) is 4.01. The fraction of sp³-hybridized carbons (Fsp3) is 0.0833. The molecule has 0 spiro atoms. The number of furan rings is 1. The molecule has 0 saturated heterocycles. The quantitative estimate of drug-likeness (QED) is 0.787. The molecule has 2 N–H and O–H groups in total. The summed E-state index contributed by atoms with van der Waals surface area (Å²) in [4.78, 5) is 4.35. The highest BCUT2D eigenvalue weighted by Crippen LogP contribution is 2.27. The van der Waals surface area contributed by atoms with Crippen molar-refractivity contribution in [3.63, 3.8) is 0 Å². The largest absolute Gasteiger partial charge is 0.444 e. The number of aromatic nitrogens is 1. The van der Waals surface area contributed by atoms with E-state index in [9.17, 15) is 0 Å². The van der Waals surface area contributed by atoms with E-state index < -0.39 is 0 Å². The third kappa shape index (κ3) is 1.87. The molecule has 0 aliphatic heterocycles. The predicted molar refractivity (Wildman–Crippen MR) is 67.3 cm³/mol. The van der Waals surface area contributed by atoms with Gasteiger partial charge in [0.15, 0.2) is 16.0 Å². The van der Waals surface area contributed by atoms with Crippen molar-refractivity contribution in [1.82, 2.24) is 4.98 Å². The van der Waals surface area contributed by atoms with E-state index in [1.165, 1.54) is 0 Å². The maximum atomic E-state index is 5.63. The summed E-state index contributed by atoms with van der Waals surface area (Å²) in [5.74, 6) is 1.07. The zero-order chi connectivity index (χ0) is 11.8. The first-order valence-electron chi connectivity index (χ1n) is 5.11. The van der Waals surface area contributed by atoms with Crippen LogP contribution in [0.1, 0.15) is 5.56 Å². The van der Waals surface area contributed by atoms with E-state index in [0.29, 0.717) is 22.9 Å². The number of fused-ring (bicyclic) bond motifs is 1. The van der Waals surface area contributed by atoms with Gasteiger partial charge in [0.2, 0.25) is 0 Å². The van der Waals surface area contributed by atoms with Crippen molar-refractivity contribution in [3.05, 3.63) is 40.6 Å². The first kappa shape index (κ1) is 10.6. The molecule has 3 rings (SSSR count). The zero-order valence-electron chi connectivity index (χ0n) is 8.81. The minimum atomic E-state index is 0.472. The van der Waals surface area contributed by atoms with Crippen LogP contribution in [0.25, 0.3) is 22.8 Å². The van der Waals surface area contributed by atoms with E-state index in [2.05, 4.69) is 20.9 Å². The molecule has 4 nitrogen and oxygen atoms in total. The van der Waals surface area contributed by atoms with Crippen molar-refractivity contribution in [2.45, 2.75) is 6.54 Å². The standard InChI is InChI=1S/C12H9BrN2O2/c13-11-4-3-9(16-11)12-15-8-2-1-7(6-14)5-10(8)17-12/h1-5H,6,14H2. The highest BCUT2D eigenvalue weighted by Gasteiger charge is 2.11. The summed E-state index contributed by atoms with van der Waals surface area (Å²) >= 11 is 3.24. The summed E-state index contributed by atoms with van der Waals surface area (Å²) in [6, 6.07) is 9.33. The van der Waals surface area contributed by atoms with Crippen LogP contribution in [0, 0.1) is 0 Å². The third-order valence-electron chi connectivity index (χ3n) is 2.47. The molecule has 0 aliphatic rings. The normalized spacial score (nSPS) is 11.2. The Labute approximate surface area is 106 Å². The van der Waals surface area contributed by atoms with Gasteiger partial charge in [-0.05, 0) is 45.8 Å². The Balaban J connectivity index is 2.13. The molecule has 3 aromatic rings. The monoisotopic (exact) mass is 292 g/mol. The van der Waals surface area contributed by atoms with Gasteiger partial charge in [-0.2, -0.15) is 0 Å². The molecule has 0 saturated carbocycles. The Morgan fingerprint density at radius 3 is 2.76 bits per heavy atom.